The van der Waals surface area contributed by atoms with Gasteiger partial charge < -0.3 is 15.7 Å². The number of nitrogens with one attached hydrogen (secondary N) is 2. The van der Waals surface area contributed by atoms with E-state index in [1.807, 2.05) is 60.7 Å². The van der Waals surface area contributed by atoms with Crippen molar-refractivity contribution >= 4 is 34.4 Å². The third kappa shape index (κ3) is 5.16. The number of rotatable bonds is 8. The first-order valence-electron chi connectivity index (χ1n) is 10.4. The third-order valence-corrected chi connectivity index (χ3v) is 6.04. The lowest BCUT2D eigenvalue weighted by molar-refractivity contribution is 0.279. The van der Waals surface area contributed by atoms with Crippen LogP contribution < -0.4 is 10.6 Å². The number of aromatic nitrogens is 2. The molecule has 158 valence electrons. The molecule has 6 heteroatoms. The van der Waals surface area contributed by atoms with Crippen molar-refractivity contribution in [2.45, 2.75) is 42.8 Å². The summed E-state index contributed by atoms with van der Waals surface area (Å²) in [6, 6.07) is 24.5. The molecule has 1 heterocycles. The Morgan fingerprint density at radius 3 is 2.23 bits per heavy atom. The molecule has 0 saturated heterocycles. The van der Waals surface area contributed by atoms with Gasteiger partial charge in [0.1, 0.15) is 5.82 Å². The van der Waals surface area contributed by atoms with E-state index in [4.69, 9.17) is 9.97 Å². The van der Waals surface area contributed by atoms with Crippen molar-refractivity contribution in [3.8, 4) is 0 Å². The summed E-state index contributed by atoms with van der Waals surface area (Å²) in [6.07, 6.45) is 0. The predicted octanol–water partition coefficient (Wildman–Crippen LogP) is 5.71. The molecule has 0 amide bonds. The SMILES string of the molecule is CC(C)Nc1nc(NCc2ccccc2Sc2ccccc2CO)nc2ccccc12. The van der Waals surface area contributed by atoms with Crippen LogP contribution in [0.4, 0.5) is 11.8 Å². The van der Waals surface area contributed by atoms with Crippen LogP contribution in [0.5, 0.6) is 0 Å². The van der Waals surface area contributed by atoms with E-state index >= 15 is 0 Å². The Bertz CT molecular complexity index is 1180. The molecule has 0 unspecified atom stereocenters. The van der Waals surface area contributed by atoms with E-state index in [9.17, 15) is 5.11 Å². The Kier molecular flexibility index (Phi) is 6.70. The highest BCUT2D eigenvalue weighted by molar-refractivity contribution is 7.99. The van der Waals surface area contributed by atoms with Crippen LogP contribution in [0.15, 0.2) is 82.6 Å². The molecule has 0 spiro atoms. The minimum Gasteiger partial charge on any atom is -0.392 e. The Hall–Kier alpha value is -3.09. The summed E-state index contributed by atoms with van der Waals surface area (Å²) in [5.74, 6) is 1.43. The van der Waals surface area contributed by atoms with Gasteiger partial charge in [-0.2, -0.15) is 4.98 Å². The maximum absolute atomic E-state index is 9.64. The van der Waals surface area contributed by atoms with Crippen LogP contribution in [0, 0.1) is 0 Å². The number of nitrogens with zero attached hydrogens (tertiary/aromatic N) is 2. The molecule has 0 radical (unpaired) electrons. The number of hydrogen-bond acceptors (Lipinski definition) is 6. The summed E-state index contributed by atoms with van der Waals surface area (Å²) in [6.45, 7) is 4.83. The highest BCUT2D eigenvalue weighted by atomic mass is 32.2. The number of benzene rings is 3. The Morgan fingerprint density at radius 2 is 1.48 bits per heavy atom. The number of aliphatic hydroxyl groups excluding tert-OH is 1. The van der Waals surface area contributed by atoms with Crippen LogP contribution in [0.1, 0.15) is 25.0 Å². The second-order valence-electron chi connectivity index (χ2n) is 7.54. The van der Waals surface area contributed by atoms with Gasteiger partial charge in [0.2, 0.25) is 5.95 Å². The molecular formula is C25H26N4OS. The van der Waals surface area contributed by atoms with E-state index in [1.165, 1.54) is 0 Å². The largest absolute Gasteiger partial charge is 0.392 e. The van der Waals surface area contributed by atoms with Gasteiger partial charge in [-0.3, -0.25) is 0 Å². The zero-order valence-electron chi connectivity index (χ0n) is 17.7. The fraction of sp³-hybridized carbons (Fsp3) is 0.200. The average Bonchev–Trinajstić information content (AvgIpc) is 2.78. The molecule has 0 fully saturated rings. The molecule has 3 aromatic carbocycles. The molecule has 31 heavy (non-hydrogen) atoms. The maximum Gasteiger partial charge on any atom is 0.225 e. The van der Waals surface area contributed by atoms with Crippen molar-refractivity contribution in [3.63, 3.8) is 0 Å². The fourth-order valence-corrected chi connectivity index (χ4v) is 4.38. The van der Waals surface area contributed by atoms with E-state index in [0.29, 0.717) is 12.5 Å². The second kappa shape index (κ2) is 9.81. The molecule has 3 N–H and O–H groups in total. The van der Waals surface area contributed by atoms with Gasteiger partial charge in [-0.25, -0.2) is 4.98 Å². The minimum absolute atomic E-state index is 0.0279. The Balaban J connectivity index is 1.58. The smallest absolute Gasteiger partial charge is 0.225 e. The maximum atomic E-state index is 9.64. The van der Waals surface area contributed by atoms with Crippen LogP contribution in [0.25, 0.3) is 10.9 Å². The lowest BCUT2D eigenvalue weighted by atomic mass is 10.2. The normalized spacial score (nSPS) is 11.1. The van der Waals surface area contributed by atoms with Gasteiger partial charge >= 0.3 is 0 Å². The van der Waals surface area contributed by atoms with Crippen molar-refractivity contribution in [2.75, 3.05) is 10.6 Å². The topological polar surface area (TPSA) is 70.1 Å². The zero-order chi connectivity index (χ0) is 21.6. The quantitative estimate of drug-likeness (QED) is 0.333. The molecule has 1 aromatic heterocycles. The summed E-state index contributed by atoms with van der Waals surface area (Å²) < 4.78 is 0. The van der Waals surface area contributed by atoms with E-state index in [0.717, 1.165) is 37.6 Å². The van der Waals surface area contributed by atoms with Crippen molar-refractivity contribution in [2.24, 2.45) is 0 Å². The first-order valence-corrected chi connectivity index (χ1v) is 11.2. The molecule has 0 atom stereocenters. The fourth-order valence-electron chi connectivity index (χ4n) is 3.32. The van der Waals surface area contributed by atoms with E-state index in [-0.39, 0.29) is 12.6 Å². The summed E-state index contributed by atoms with van der Waals surface area (Å²) in [5.41, 5.74) is 2.98. The molecule has 0 saturated carbocycles. The lowest BCUT2D eigenvalue weighted by Crippen LogP contribution is -2.13. The van der Waals surface area contributed by atoms with Gasteiger partial charge in [0.15, 0.2) is 0 Å². The van der Waals surface area contributed by atoms with E-state index in [1.54, 1.807) is 11.8 Å². The molecule has 4 rings (SSSR count). The number of fused-ring (bicyclic) bond motifs is 1. The van der Waals surface area contributed by atoms with Crippen molar-refractivity contribution in [1.29, 1.82) is 0 Å². The molecule has 0 aliphatic rings. The predicted molar refractivity (Wildman–Crippen MR) is 129 cm³/mol. The number of anilines is 2. The molecule has 0 bridgehead atoms. The van der Waals surface area contributed by atoms with Crippen LogP contribution >= 0.6 is 11.8 Å². The van der Waals surface area contributed by atoms with Crippen molar-refractivity contribution in [3.05, 3.63) is 83.9 Å². The average molecular weight is 431 g/mol. The Morgan fingerprint density at radius 1 is 0.839 bits per heavy atom. The zero-order valence-corrected chi connectivity index (χ0v) is 18.5. The van der Waals surface area contributed by atoms with Crippen LogP contribution in [-0.4, -0.2) is 21.1 Å². The third-order valence-electron chi connectivity index (χ3n) is 4.80. The number of hydrogen-bond donors (Lipinski definition) is 3. The highest BCUT2D eigenvalue weighted by Gasteiger charge is 2.11. The molecular weight excluding hydrogens is 404 g/mol. The summed E-state index contributed by atoms with van der Waals surface area (Å²) in [7, 11) is 0. The lowest BCUT2D eigenvalue weighted by Gasteiger charge is -2.15. The van der Waals surface area contributed by atoms with Gasteiger partial charge in [0, 0.05) is 27.8 Å². The molecule has 0 aliphatic heterocycles. The number of para-hydroxylation sites is 1. The number of aliphatic hydroxyl groups is 1. The molecule has 5 nitrogen and oxygen atoms in total. The van der Waals surface area contributed by atoms with E-state index in [2.05, 4.69) is 36.6 Å². The Labute approximate surface area is 187 Å². The second-order valence-corrected chi connectivity index (χ2v) is 8.62. The van der Waals surface area contributed by atoms with Crippen molar-refractivity contribution < 1.29 is 5.11 Å². The molecule has 4 aromatic rings. The summed E-state index contributed by atoms with van der Waals surface area (Å²) >= 11 is 1.66. The monoisotopic (exact) mass is 430 g/mol. The highest BCUT2D eigenvalue weighted by Crippen LogP contribution is 2.33. The van der Waals surface area contributed by atoms with Crippen LogP contribution in [-0.2, 0) is 13.2 Å². The standard InChI is InChI=1S/C25H26N4OS/c1-17(2)27-24-20-11-5-6-12-21(20)28-25(29-24)26-15-18-9-3-7-13-22(18)31-23-14-8-4-10-19(23)16-30/h3-14,17,30H,15-16H2,1-2H3,(H2,26,27,28,29). The molecule has 0 aliphatic carbocycles. The summed E-state index contributed by atoms with van der Waals surface area (Å²) in [4.78, 5) is 11.6. The van der Waals surface area contributed by atoms with Crippen LogP contribution in [0.2, 0.25) is 0 Å². The summed E-state index contributed by atoms with van der Waals surface area (Å²) in [5, 5.41) is 17.5. The van der Waals surface area contributed by atoms with Gasteiger partial charge in [0.25, 0.3) is 0 Å². The van der Waals surface area contributed by atoms with E-state index < -0.39 is 0 Å². The van der Waals surface area contributed by atoms with Gasteiger partial charge in [-0.05, 0) is 49.2 Å². The van der Waals surface area contributed by atoms with Crippen molar-refractivity contribution in [1.82, 2.24) is 9.97 Å². The minimum atomic E-state index is 0.0279. The van der Waals surface area contributed by atoms with Gasteiger partial charge in [-0.1, -0.05) is 60.3 Å². The van der Waals surface area contributed by atoms with Gasteiger partial charge in [0.05, 0.1) is 12.1 Å². The first kappa shape index (κ1) is 21.2. The van der Waals surface area contributed by atoms with Crippen LogP contribution in [0.3, 0.4) is 0 Å². The first-order chi connectivity index (χ1) is 15.1. The van der Waals surface area contributed by atoms with Gasteiger partial charge in [-0.15, -0.1) is 0 Å².